The van der Waals surface area contributed by atoms with Gasteiger partial charge < -0.3 is 15.4 Å². The van der Waals surface area contributed by atoms with E-state index in [4.69, 9.17) is 5.73 Å². The van der Waals surface area contributed by atoms with Gasteiger partial charge in [0.1, 0.15) is 12.3 Å². The summed E-state index contributed by atoms with van der Waals surface area (Å²) in [5.74, 6) is 0. The van der Waals surface area contributed by atoms with Crippen molar-refractivity contribution in [2.75, 3.05) is 17.4 Å². The van der Waals surface area contributed by atoms with Crippen LogP contribution in [-0.2, 0) is 11.3 Å². The summed E-state index contributed by atoms with van der Waals surface area (Å²) in [6, 6.07) is 17.8. The van der Waals surface area contributed by atoms with Crippen molar-refractivity contribution in [3.8, 4) is 11.3 Å². The van der Waals surface area contributed by atoms with Crippen molar-refractivity contribution in [3.63, 3.8) is 0 Å². The molecule has 1 aliphatic rings. The summed E-state index contributed by atoms with van der Waals surface area (Å²) in [6.45, 7) is 4.53. The zero-order chi connectivity index (χ0) is 24.5. The summed E-state index contributed by atoms with van der Waals surface area (Å²) in [6.07, 6.45) is 6.83. The van der Waals surface area contributed by atoms with Crippen LogP contribution >= 0.6 is 0 Å². The summed E-state index contributed by atoms with van der Waals surface area (Å²) in [5.41, 5.74) is 18.9. The Hall–Kier alpha value is -4.23. The summed E-state index contributed by atoms with van der Waals surface area (Å²) in [4.78, 5) is 20.3. The highest BCUT2D eigenvalue weighted by molar-refractivity contribution is 6.01. The molecule has 0 radical (unpaired) electrons. The molecule has 1 unspecified atom stereocenters. The second-order valence-electron chi connectivity index (χ2n) is 8.86. The lowest BCUT2D eigenvalue weighted by Gasteiger charge is -2.34. The van der Waals surface area contributed by atoms with Gasteiger partial charge in [-0.15, -0.1) is 0 Å². The lowest BCUT2D eigenvalue weighted by Crippen LogP contribution is -2.36. The van der Waals surface area contributed by atoms with E-state index >= 15 is 0 Å². The Bertz CT molecular complexity index is 1420. The summed E-state index contributed by atoms with van der Waals surface area (Å²) < 4.78 is 0. The molecule has 0 amide bonds. The predicted molar refractivity (Wildman–Crippen MR) is 141 cm³/mol. The molecule has 2 aromatic heterocycles. The van der Waals surface area contributed by atoms with Crippen LogP contribution < -0.4 is 16.1 Å². The van der Waals surface area contributed by atoms with Gasteiger partial charge in [0.2, 0.25) is 0 Å². The van der Waals surface area contributed by atoms with Crippen LogP contribution in [0.5, 0.6) is 0 Å². The van der Waals surface area contributed by atoms with Gasteiger partial charge in [0.15, 0.2) is 0 Å². The fourth-order valence-corrected chi connectivity index (χ4v) is 4.47. The highest BCUT2D eigenvalue weighted by Gasteiger charge is 2.28. The number of aldehydes is 1. The van der Waals surface area contributed by atoms with Crippen molar-refractivity contribution in [1.82, 2.24) is 14.9 Å². The zero-order valence-electron chi connectivity index (χ0n) is 20.1. The molecule has 0 saturated heterocycles. The molecular formula is C28H28N6O. The molecule has 35 heavy (non-hydrogen) atoms. The van der Waals surface area contributed by atoms with E-state index in [1.807, 2.05) is 73.7 Å². The monoisotopic (exact) mass is 464 g/mol. The standard InChI is InChI=1S/C28H28N6O/c1-18-4-9-23(31-34-11-10-26(32-34)21-7-5-20(15-29)6-8-21)14-24(18)25-13-22-16-30-19(2)12-27(22)33(3)28(25)17-35/h4-14,16-17,28,31H,15,29H2,1-3H3. The molecule has 2 aromatic carbocycles. The number of fused-ring (bicyclic) bond motifs is 1. The van der Waals surface area contributed by atoms with Gasteiger partial charge in [-0.3, -0.25) is 10.4 Å². The van der Waals surface area contributed by atoms with E-state index in [1.165, 1.54) is 0 Å². The number of nitrogens with zero attached hydrogens (tertiary/aromatic N) is 4. The van der Waals surface area contributed by atoms with Gasteiger partial charge in [-0.1, -0.05) is 30.3 Å². The quantitative estimate of drug-likeness (QED) is 0.410. The first-order valence-corrected chi connectivity index (χ1v) is 11.6. The van der Waals surface area contributed by atoms with Gasteiger partial charge in [-0.05, 0) is 66.5 Å². The number of benzene rings is 2. The molecule has 0 fully saturated rings. The van der Waals surface area contributed by atoms with E-state index in [1.54, 1.807) is 4.79 Å². The lowest BCUT2D eigenvalue weighted by molar-refractivity contribution is -0.107. The maximum atomic E-state index is 12.2. The second kappa shape index (κ2) is 9.19. The molecule has 3 N–H and O–H groups in total. The fourth-order valence-electron chi connectivity index (χ4n) is 4.47. The van der Waals surface area contributed by atoms with E-state index in [9.17, 15) is 4.79 Å². The molecule has 7 nitrogen and oxygen atoms in total. The van der Waals surface area contributed by atoms with Crippen LogP contribution in [0.2, 0.25) is 0 Å². The summed E-state index contributed by atoms with van der Waals surface area (Å²) >= 11 is 0. The minimum atomic E-state index is -0.383. The molecule has 7 heteroatoms. The molecule has 1 aliphatic heterocycles. The van der Waals surface area contributed by atoms with Crippen molar-refractivity contribution in [1.29, 1.82) is 0 Å². The summed E-state index contributed by atoms with van der Waals surface area (Å²) in [5, 5.41) is 4.66. The van der Waals surface area contributed by atoms with Crippen molar-refractivity contribution in [2.45, 2.75) is 26.4 Å². The number of carbonyl (C=O) groups excluding carboxylic acids is 1. The first kappa shape index (κ1) is 22.6. The molecule has 0 saturated carbocycles. The smallest absolute Gasteiger partial charge is 0.147 e. The molecule has 0 bridgehead atoms. The molecule has 1 atom stereocenters. The number of aromatic nitrogens is 3. The predicted octanol–water partition coefficient (Wildman–Crippen LogP) is 4.45. The van der Waals surface area contributed by atoms with Crippen molar-refractivity contribution >= 4 is 29.3 Å². The second-order valence-corrected chi connectivity index (χ2v) is 8.86. The molecular weight excluding hydrogens is 436 g/mol. The van der Waals surface area contributed by atoms with E-state index in [0.717, 1.165) is 62.4 Å². The number of nitrogens with two attached hydrogens (primary N) is 1. The minimum absolute atomic E-state index is 0.383. The zero-order valence-corrected chi connectivity index (χ0v) is 20.1. The Labute approximate surface area is 204 Å². The molecule has 4 aromatic rings. The van der Waals surface area contributed by atoms with Gasteiger partial charge in [0.25, 0.3) is 0 Å². The third-order valence-electron chi connectivity index (χ3n) is 6.47. The number of rotatable bonds is 6. The highest BCUT2D eigenvalue weighted by atomic mass is 16.1. The maximum absolute atomic E-state index is 12.2. The third-order valence-corrected chi connectivity index (χ3v) is 6.47. The fraction of sp³-hybridized carbons (Fsp3) is 0.179. The van der Waals surface area contributed by atoms with E-state index < -0.39 is 0 Å². The molecule has 176 valence electrons. The maximum Gasteiger partial charge on any atom is 0.147 e. The summed E-state index contributed by atoms with van der Waals surface area (Å²) in [7, 11) is 1.95. The number of hydrogen-bond acceptors (Lipinski definition) is 6. The molecule has 3 heterocycles. The Balaban J connectivity index is 1.46. The molecule has 0 aliphatic carbocycles. The number of aryl methyl sites for hydroxylation is 2. The van der Waals surface area contributed by atoms with Gasteiger partial charge >= 0.3 is 0 Å². The van der Waals surface area contributed by atoms with Gasteiger partial charge in [-0.2, -0.15) is 9.89 Å². The van der Waals surface area contributed by atoms with Crippen LogP contribution in [0.15, 0.2) is 67.0 Å². The number of anilines is 2. The SMILES string of the molecule is Cc1cc2c(cn1)C=C(c1cc(Nn3ccc(-c4ccc(CN)cc4)n3)ccc1C)C(C=O)N2C. The van der Waals surface area contributed by atoms with Gasteiger partial charge in [0.05, 0.1) is 11.4 Å². The van der Waals surface area contributed by atoms with Crippen molar-refractivity contribution in [3.05, 3.63) is 94.9 Å². The number of likely N-dealkylation sites (N-methyl/N-ethyl adjacent to an activating group) is 1. The first-order valence-electron chi connectivity index (χ1n) is 11.6. The minimum Gasteiger partial charge on any atom is -0.360 e. The molecule has 5 rings (SSSR count). The average Bonchev–Trinajstić information content (AvgIpc) is 3.34. The van der Waals surface area contributed by atoms with Gasteiger partial charge in [-0.25, -0.2) is 0 Å². The van der Waals surface area contributed by atoms with Crippen LogP contribution in [0, 0.1) is 13.8 Å². The molecule has 0 spiro atoms. The van der Waals surface area contributed by atoms with Crippen LogP contribution in [0.3, 0.4) is 0 Å². The average molecular weight is 465 g/mol. The normalized spacial score (nSPS) is 14.9. The van der Waals surface area contributed by atoms with Crippen molar-refractivity contribution in [2.24, 2.45) is 5.73 Å². The van der Waals surface area contributed by atoms with Crippen LogP contribution in [-0.4, -0.2) is 34.2 Å². The number of nitrogens with one attached hydrogen (secondary N) is 1. The Morgan fingerprint density at radius 1 is 1.09 bits per heavy atom. The Morgan fingerprint density at radius 3 is 2.63 bits per heavy atom. The number of hydrogen-bond donors (Lipinski definition) is 2. The Kier molecular flexibility index (Phi) is 5.93. The van der Waals surface area contributed by atoms with E-state index in [2.05, 4.69) is 40.6 Å². The highest BCUT2D eigenvalue weighted by Crippen LogP contribution is 2.37. The van der Waals surface area contributed by atoms with Crippen LogP contribution in [0.1, 0.15) is 27.9 Å². The largest absolute Gasteiger partial charge is 0.360 e. The van der Waals surface area contributed by atoms with E-state index in [-0.39, 0.29) is 6.04 Å². The Morgan fingerprint density at radius 2 is 1.89 bits per heavy atom. The lowest BCUT2D eigenvalue weighted by atomic mass is 9.89. The number of carbonyl (C=O) groups is 1. The van der Waals surface area contributed by atoms with Crippen LogP contribution in [0.4, 0.5) is 11.4 Å². The first-order chi connectivity index (χ1) is 17.0. The van der Waals surface area contributed by atoms with E-state index in [0.29, 0.717) is 6.54 Å². The number of pyridine rings is 1. The topological polar surface area (TPSA) is 89.1 Å². The van der Waals surface area contributed by atoms with Gasteiger partial charge in [0, 0.05) is 48.5 Å². The van der Waals surface area contributed by atoms with Crippen LogP contribution in [0.25, 0.3) is 22.9 Å². The third kappa shape index (κ3) is 4.34. The van der Waals surface area contributed by atoms with Crippen molar-refractivity contribution < 1.29 is 4.79 Å².